The van der Waals surface area contributed by atoms with Crippen LogP contribution in [-0.2, 0) is 6.42 Å². The van der Waals surface area contributed by atoms with Crippen LogP contribution in [0.1, 0.15) is 16.9 Å². The molecular formula is C48H30N2S2. The molecule has 1 aliphatic rings. The number of aromatic nitrogens is 2. The number of fused-ring (bicyclic) bond motifs is 12. The van der Waals surface area contributed by atoms with E-state index in [2.05, 4.69) is 167 Å². The van der Waals surface area contributed by atoms with E-state index in [9.17, 15) is 0 Å². The first kappa shape index (κ1) is 28.7. The molecule has 0 amide bonds. The summed E-state index contributed by atoms with van der Waals surface area (Å²) in [5.74, 6) is 0. The predicted octanol–water partition coefficient (Wildman–Crippen LogP) is 14.1. The van der Waals surface area contributed by atoms with E-state index in [4.69, 9.17) is 0 Å². The van der Waals surface area contributed by atoms with Crippen molar-refractivity contribution in [3.05, 3.63) is 162 Å². The molecule has 0 saturated heterocycles. The van der Waals surface area contributed by atoms with Gasteiger partial charge in [0.15, 0.2) is 0 Å². The van der Waals surface area contributed by atoms with Gasteiger partial charge in [-0.05, 0) is 102 Å². The molecule has 0 atom stereocenters. The number of aryl methyl sites for hydroxylation is 1. The molecule has 2 nitrogen and oxygen atoms in total. The maximum Gasteiger partial charge on any atom is 0.0555 e. The fourth-order valence-electron chi connectivity index (χ4n) is 8.96. The molecule has 0 saturated carbocycles. The first-order valence-corrected chi connectivity index (χ1v) is 19.6. The van der Waals surface area contributed by atoms with Gasteiger partial charge >= 0.3 is 0 Å². The van der Waals surface area contributed by atoms with Gasteiger partial charge < -0.3 is 9.13 Å². The standard InChI is InChI=1S/C48H30N2S2/c1-5-15-37-31(11-1)35-27-29(23-25-39(35)49(37)41-17-9-21-45-47(41)33-13-3-7-19-43(33)51-45)30-24-26-40-36(28-30)32-12-2-6-16-38(32)50(40)42-18-10-22-46-48(42)34-14-4-8-20-44(34)52-46/h1-3,5-13,15-28H,4,14H2. The maximum atomic E-state index is 2.51. The number of rotatable bonds is 3. The van der Waals surface area contributed by atoms with Crippen molar-refractivity contribution >= 4 is 103 Å². The van der Waals surface area contributed by atoms with Crippen LogP contribution in [0.3, 0.4) is 0 Å². The number of benzene rings is 7. The topological polar surface area (TPSA) is 9.86 Å². The molecule has 244 valence electrons. The smallest absolute Gasteiger partial charge is 0.0555 e. The summed E-state index contributed by atoms with van der Waals surface area (Å²) in [4.78, 5) is 1.41. The lowest BCUT2D eigenvalue weighted by molar-refractivity contribution is 1.00. The third-order valence-electron chi connectivity index (χ3n) is 11.2. The van der Waals surface area contributed by atoms with E-state index >= 15 is 0 Å². The summed E-state index contributed by atoms with van der Waals surface area (Å²) >= 11 is 3.80. The molecule has 4 heteroatoms. The molecule has 0 N–H and O–H groups in total. The molecule has 0 aliphatic heterocycles. The summed E-state index contributed by atoms with van der Waals surface area (Å²) in [6, 6.07) is 54.3. The molecule has 4 heterocycles. The minimum Gasteiger partial charge on any atom is -0.309 e. The van der Waals surface area contributed by atoms with E-state index in [0.29, 0.717) is 0 Å². The van der Waals surface area contributed by atoms with Crippen LogP contribution >= 0.6 is 22.7 Å². The Morgan fingerprint density at radius 1 is 0.423 bits per heavy atom. The number of thiophene rings is 2. The minimum atomic E-state index is 1.10. The SMILES string of the molecule is C1=Cc2sc3cccc(-n4c5ccccc5c5cc(-c6ccc7c(c6)c6ccccc6n7-c6cccc7sc8ccccc8c67)ccc54)c3c2CC1. The fraction of sp³-hybridized carbons (Fsp3) is 0.0417. The number of nitrogens with zero attached hydrogens (tertiary/aromatic N) is 2. The molecule has 0 radical (unpaired) electrons. The van der Waals surface area contributed by atoms with Crippen LogP contribution in [0.25, 0.3) is 102 Å². The molecule has 0 unspecified atom stereocenters. The molecule has 0 bridgehead atoms. The lowest BCUT2D eigenvalue weighted by atomic mass is 9.99. The first-order valence-electron chi connectivity index (χ1n) is 18.0. The van der Waals surface area contributed by atoms with Crippen LogP contribution in [0.4, 0.5) is 0 Å². The van der Waals surface area contributed by atoms with Crippen molar-refractivity contribution in [1.29, 1.82) is 0 Å². The van der Waals surface area contributed by atoms with E-state index in [1.165, 1.54) is 107 Å². The largest absolute Gasteiger partial charge is 0.309 e. The summed E-state index contributed by atoms with van der Waals surface area (Å²) in [6.45, 7) is 0. The Morgan fingerprint density at radius 2 is 0.962 bits per heavy atom. The average molecular weight is 699 g/mol. The van der Waals surface area contributed by atoms with Crippen LogP contribution in [0.5, 0.6) is 0 Å². The second kappa shape index (κ2) is 10.8. The second-order valence-electron chi connectivity index (χ2n) is 14.0. The van der Waals surface area contributed by atoms with Crippen LogP contribution in [0.2, 0.25) is 0 Å². The quantitative estimate of drug-likeness (QED) is 0.174. The van der Waals surface area contributed by atoms with Crippen LogP contribution in [0.15, 0.2) is 152 Å². The van der Waals surface area contributed by atoms with Gasteiger partial charge in [0.2, 0.25) is 0 Å². The molecule has 0 spiro atoms. The van der Waals surface area contributed by atoms with Gasteiger partial charge in [0.05, 0.1) is 33.4 Å². The Labute approximate surface area is 307 Å². The van der Waals surface area contributed by atoms with Gasteiger partial charge in [0.25, 0.3) is 0 Å². The van der Waals surface area contributed by atoms with Crippen molar-refractivity contribution in [1.82, 2.24) is 9.13 Å². The Kier molecular flexibility index (Phi) is 5.96. The normalized spacial score (nSPS) is 13.2. The highest BCUT2D eigenvalue weighted by Crippen LogP contribution is 2.44. The predicted molar refractivity (Wildman–Crippen MR) is 226 cm³/mol. The zero-order valence-electron chi connectivity index (χ0n) is 28.1. The second-order valence-corrected chi connectivity index (χ2v) is 16.1. The minimum absolute atomic E-state index is 1.10. The lowest BCUT2D eigenvalue weighted by Gasteiger charge is -2.13. The summed E-state index contributed by atoms with van der Waals surface area (Å²) in [7, 11) is 0. The lowest BCUT2D eigenvalue weighted by Crippen LogP contribution is -1.97. The summed E-state index contributed by atoms with van der Waals surface area (Å²) in [5.41, 5.74) is 11.4. The van der Waals surface area contributed by atoms with Gasteiger partial charge in [-0.1, -0.05) is 84.9 Å². The monoisotopic (exact) mass is 698 g/mol. The van der Waals surface area contributed by atoms with Gasteiger partial charge in [-0.2, -0.15) is 0 Å². The molecule has 1 aliphatic carbocycles. The van der Waals surface area contributed by atoms with Crippen LogP contribution < -0.4 is 0 Å². The van der Waals surface area contributed by atoms with Gasteiger partial charge in [-0.3, -0.25) is 0 Å². The number of hydrogen-bond donors (Lipinski definition) is 0. The number of hydrogen-bond acceptors (Lipinski definition) is 2. The van der Waals surface area contributed by atoms with Gasteiger partial charge in [0.1, 0.15) is 0 Å². The van der Waals surface area contributed by atoms with Crippen LogP contribution in [0, 0.1) is 0 Å². The molecule has 12 rings (SSSR count). The zero-order valence-corrected chi connectivity index (χ0v) is 29.8. The Balaban J connectivity index is 1.07. The zero-order chi connectivity index (χ0) is 33.9. The van der Waals surface area contributed by atoms with E-state index in [-0.39, 0.29) is 0 Å². The van der Waals surface area contributed by atoms with Crippen molar-refractivity contribution < 1.29 is 0 Å². The van der Waals surface area contributed by atoms with Crippen molar-refractivity contribution in [2.24, 2.45) is 0 Å². The number of para-hydroxylation sites is 2. The third kappa shape index (κ3) is 3.94. The fourth-order valence-corrected chi connectivity index (χ4v) is 11.3. The molecule has 0 fully saturated rings. The van der Waals surface area contributed by atoms with Gasteiger partial charge in [-0.25, -0.2) is 0 Å². The number of allylic oxidation sites excluding steroid dienone is 1. The Bertz CT molecular complexity index is 3310. The van der Waals surface area contributed by atoms with Gasteiger partial charge in [-0.15, -0.1) is 22.7 Å². The average Bonchev–Trinajstić information content (AvgIpc) is 3.95. The van der Waals surface area contributed by atoms with Crippen molar-refractivity contribution in [2.75, 3.05) is 0 Å². The summed E-state index contributed by atoms with van der Waals surface area (Å²) in [5, 5.41) is 9.17. The third-order valence-corrected chi connectivity index (χ3v) is 13.5. The van der Waals surface area contributed by atoms with Crippen LogP contribution in [-0.4, -0.2) is 9.13 Å². The highest BCUT2D eigenvalue weighted by molar-refractivity contribution is 7.26. The van der Waals surface area contributed by atoms with Crippen molar-refractivity contribution in [3.63, 3.8) is 0 Å². The van der Waals surface area contributed by atoms with E-state index in [0.717, 1.165) is 12.8 Å². The molecule has 11 aromatic rings. The van der Waals surface area contributed by atoms with E-state index < -0.39 is 0 Å². The Morgan fingerprint density at radius 3 is 1.63 bits per heavy atom. The van der Waals surface area contributed by atoms with Crippen molar-refractivity contribution in [3.8, 4) is 22.5 Å². The Hall–Kier alpha value is -5.94. The van der Waals surface area contributed by atoms with E-state index in [1.54, 1.807) is 0 Å². The van der Waals surface area contributed by atoms with Gasteiger partial charge in [0, 0.05) is 56.7 Å². The van der Waals surface area contributed by atoms with Crippen molar-refractivity contribution in [2.45, 2.75) is 12.8 Å². The maximum absolute atomic E-state index is 2.51. The highest BCUT2D eigenvalue weighted by Gasteiger charge is 2.21. The molecular weight excluding hydrogens is 669 g/mol. The summed E-state index contributed by atoms with van der Waals surface area (Å²) in [6.07, 6.45) is 6.85. The molecule has 52 heavy (non-hydrogen) atoms. The highest BCUT2D eigenvalue weighted by atomic mass is 32.1. The molecule has 7 aromatic carbocycles. The molecule has 4 aromatic heterocycles. The first-order chi connectivity index (χ1) is 25.8. The van der Waals surface area contributed by atoms with E-state index in [1.807, 2.05) is 22.7 Å². The summed E-state index contributed by atoms with van der Waals surface area (Å²) < 4.78 is 9.00.